The largest absolute Gasteiger partial charge is 0.417 e. The predicted octanol–water partition coefficient (Wildman–Crippen LogP) is 4.54. The first-order valence-electron chi connectivity index (χ1n) is 13.4. The summed E-state index contributed by atoms with van der Waals surface area (Å²) in [4.78, 5) is 57.5. The van der Waals surface area contributed by atoms with Crippen molar-refractivity contribution in [3.8, 4) is 0 Å². The third-order valence-electron chi connectivity index (χ3n) is 7.63. The Morgan fingerprint density at radius 1 is 0.844 bits per heavy atom. The molecule has 0 aliphatic carbocycles. The van der Waals surface area contributed by atoms with E-state index < -0.39 is 89.1 Å². The number of alkyl halides is 6. The summed E-state index contributed by atoms with van der Waals surface area (Å²) in [6.45, 7) is -1.60. The molecule has 4 N–H and O–H groups in total. The lowest BCUT2D eigenvalue weighted by atomic mass is 9.78. The Kier molecular flexibility index (Phi) is 8.04. The van der Waals surface area contributed by atoms with Crippen molar-refractivity contribution in [1.29, 1.82) is 0 Å². The van der Waals surface area contributed by atoms with Gasteiger partial charge in [-0.15, -0.1) is 0 Å². The van der Waals surface area contributed by atoms with Crippen LogP contribution in [0.1, 0.15) is 37.4 Å². The highest BCUT2D eigenvalue weighted by Gasteiger charge is 2.53. The van der Waals surface area contributed by atoms with Crippen LogP contribution in [0.5, 0.6) is 0 Å². The quantitative estimate of drug-likeness (QED) is 0.150. The van der Waals surface area contributed by atoms with Gasteiger partial charge in [0.1, 0.15) is 5.54 Å². The van der Waals surface area contributed by atoms with Gasteiger partial charge in [0.25, 0.3) is 0 Å². The van der Waals surface area contributed by atoms with Crippen molar-refractivity contribution < 1.29 is 45.5 Å². The van der Waals surface area contributed by atoms with E-state index in [4.69, 9.17) is 5.73 Å². The van der Waals surface area contributed by atoms with E-state index >= 15 is 0 Å². The molecule has 0 saturated carbocycles. The Morgan fingerprint density at radius 2 is 1.40 bits per heavy atom. The van der Waals surface area contributed by atoms with Crippen LogP contribution < -0.4 is 11.1 Å². The molecule has 4 aromatic rings. The topological polar surface area (TPSA) is 125 Å². The standard InChI is InChI=1S/C31H24F6N4O4/c32-30(33,34)21-10-4-1-8-19(21)26(43)25-28(45)41(15-24(38)42)16-29(40-25,13-17-14-39-23-12-6-3-7-18(17)23)27(44)20-9-2-5-11-22(20)31(35,36)37/h1-12,14,25,39-40H,13,15-16H2,(H2,38,42). The number of aromatic nitrogens is 1. The number of carbonyl (C=O) groups excluding carboxylic acids is 4. The number of piperazine rings is 1. The van der Waals surface area contributed by atoms with Crippen LogP contribution in [0.25, 0.3) is 10.9 Å². The van der Waals surface area contributed by atoms with E-state index in [0.717, 1.165) is 30.3 Å². The summed E-state index contributed by atoms with van der Waals surface area (Å²) < 4.78 is 84.0. The lowest BCUT2D eigenvalue weighted by Crippen LogP contribution is -2.73. The van der Waals surface area contributed by atoms with Gasteiger partial charge in [-0.2, -0.15) is 26.3 Å². The number of nitrogens with one attached hydrogen (secondary N) is 2. The number of amides is 2. The van der Waals surface area contributed by atoms with Gasteiger partial charge in [0.2, 0.25) is 11.8 Å². The Labute approximate surface area is 251 Å². The number of benzene rings is 3. The molecule has 8 nitrogen and oxygen atoms in total. The molecule has 0 spiro atoms. The number of hydrogen-bond acceptors (Lipinski definition) is 5. The van der Waals surface area contributed by atoms with Crippen LogP contribution in [-0.4, -0.2) is 57.9 Å². The minimum Gasteiger partial charge on any atom is -0.368 e. The number of halogens is 6. The van der Waals surface area contributed by atoms with Gasteiger partial charge in [-0.05, 0) is 23.8 Å². The summed E-state index contributed by atoms with van der Waals surface area (Å²) in [5, 5.41) is 3.14. The zero-order valence-electron chi connectivity index (χ0n) is 23.1. The van der Waals surface area contributed by atoms with Gasteiger partial charge in [0, 0.05) is 41.2 Å². The van der Waals surface area contributed by atoms with E-state index in [0.29, 0.717) is 33.5 Å². The highest BCUT2D eigenvalue weighted by Crippen LogP contribution is 2.37. The van der Waals surface area contributed by atoms with E-state index in [-0.39, 0.29) is 0 Å². The number of Topliss-reactive ketones (excluding diaryl/α,β-unsaturated/α-hetero) is 2. The summed E-state index contributed by atoms with van der Waals surface area (Å²) in [6.07, 6.45) is -8.96. The van der Waals surface area contributed by atoms with Gasteiger partial charge in [0.15, 0.2) is 17.6 Å². The van der Waals surface area contributed by atoms with Gasteiger partial charge in [-0.3, -0.25) is 24.5 Å². The minimum absolute atomic E-state index is 0.381. The molecule has 3 aromatic carbocycles. The highest BCUT2D eigenvalue weighted by atomic mass is 19.4. The first kappa shape index (κ1) is 31.4. The number of rotatable bonds is 8. The number of aromatic amines is 1. The van der Waals surface area contributed by atoms with Gasteiger partial charge < -0.3 is 15.6 Å². The van der Waals surface area contributed by atoms with Crippen LogP contribution in [0.15, 0.2) is 79.0 Å². The summed E-state index contributed by atoms with van der Waals surface area (Å²) in [5.41, 5.74) is -0.332. The molecule has 2 atom stereocenters. The fourth-order valence-corrected chi connectivity index (χ4v) is 5.68. The summed E-state index contributed by atoms with van der Waals surface area (Å²) in [5.74, 6) is -4.87. The fourth-order valence-electron chi connectivity index (χ4n) is 5.68. The van der Waals surface area contributed by atoms with Crippen LogP contribution in [-0.2, 0) is 28.4 Å². The molecule has 5 rings (SSSR count). The summed E-state index contributed by atoms with van der Waals surface area (Å²) in [6, 6.07) is 12.1. The Hall–Kier alpha value is -4.98. The van der Waals surface area contributed by atoms with Crippen molar-refractivity contribution in [2.75, 3.05) is 13.1 Å². The lowest BCUT2D eigenvalue weighted by Gasteiger charge is -2.45. The smallest absolute Gasteiger partial charge is 0.368 e. The third kappa shape index (κ3) is 6.05. The summed E-state index contributed by atoms with van der Waals surface area (Å²) in [7, 11) is 0. The second kappa shape index (κ2) is 11.5. The van der Waals surface area contributed by atoms with Crippen LogP contribution in [0.2, 0.25) is 0 Å². The third-order valence-corrected chi connectivity index (χ3v) is 7.63. The second-order valence-corrected chi connectivity index (χ2v) is 10.6. The van der Waals surface area contributed by atoms with E-state index in [1.54, 1.807) is 24.3 Å². The van der Waals surface area contributed by atoms with Crippen molar-refractivity contribution >= 4 is 34.3 Å². The first-order valence-corrected chi connectivity index (χ1v) is 13.4. The number of fused-ring (bicyclic) bond motifs is 1. The van der Waals surface area contributed by atoms with Crippen LogP contribution in [0.3, 0.4) is 0 Å². The number of H-pyrrole nitrogens is 1. The Morgan fingerprint density at radius 3 is 2.02 bits per heavy atom. The Balaban J connectivity index is 1.72. The molecule has 0 radical (unpaired) electrons. The van der Waals surface area contributed by atoms with Crippen molar-refractivity contribution in [1.82, 2.24) is 15.2 Å². The lowest BCUT2D eigenvalue weighted by molar-refractivity contribution is -0.141. The van der Waals surface area contributed by atoms with E-state index in [1.165, 1.54) is 12.3 Å². The van der Waals surface area contributed by atoms with Crippen molar-refractivity contribution in [2.45, 2.75) is 30.4 Å². The van der Waals surface area contributed by atoms with E-state index in [1.807, 2.05) is 0 Å². The maximum Gasteiger partial charge on any atom is 0.417 e. The minimum atomic E-state index is -5.01. The average molecular weight is 631 g/mol. The second-order valence-electron chi connectivity index (χ2n) is 10.6. The van der Waals surface area contributed by atoms with Crippen molar-refractivity contribution in [2.24, 2.45) is 5.73 Å². The van der Waals surface area contributed by atoms with Gasteiger partial charge >= 0.3 is 12.4 Å². The number of para-hydroxylation sites is 1. The molecular formula is C31H24F6N4O4. The zero-order chi connectivity index (χ0) is 32.7. The van der Waals surface area contributed by atoms with Crippen LogP contribution in [0.4, 0.5) is 26.3 Å². The molecule has 14 heteroatoms. The number of nitrogens with zero attached hydrogens (tertiary/aromatic N) is 1. The molecule has 1 aromatic heterocycles. The average Bonchev–Trinajstić information content (AvgIpc) is 3.39. The number of primary amides is 1. The maximum atomic E-state index is 14.4. The molecule has 1 aliphatic heterocycles. The highest BCUT2D eigenvalue weighted by molar-refractivity contribution is 6.17. The number of carbonyl (C=O) groups is 4. The van der Waals surface area contributed by atoms with Crippen molar-refractivity contribution in [3.63, 3.8) is 0 Å². The predicted molar refractivity (Wildman–Crippen MR) is 149 cm³/mol. The van der Waals surface area contributed by atoms with Crippen LogP contribution >= 0.6 is 0 Å². The first-order chi connectivity index (χ1) is 21.1. The molecule has 2 unspecified atom stereocenters. The van der Waals surface area contributed by atoms with Gasteiger partial charge in [-0.1, -0.05) is 54.6 Å². The molecule has 2 heterocycles. The number of nitrogens with two attached hydrogens (primary N) is 1. The van der Waals surface area contributed by atoms with E-state index in [2.05, 4.69) is 10.3 Å². The maximum absolute atomic E-state index is 14.4. The molecule has 2 amide bonds. The molecule has 234 valence electrons. The monoisotopic (exact) mass is 630 g/mol. The Bertz CT molecular complexity index is 1820. The molecule has 45 heavy (non-hydrogen) atoms. The molecule has 1 fully saturated rings. The van der Waals surface area contributed by atoms with Crippen LogP contribution in [0, 0.1) is 0 Å². The molecular weight excluding hydrogens is 606 g/mol. The van der Waals surface area contributed by atoms with Gasteiger partial charge in [0.05, 0.1) is 17.7 Å². The molecule has 1 aliphatic rings. The van der Waals surface area contributed by atoms with E-state index in [9.17, 15) is 45.5 Å². The fraction of sp³-hybridized carbons (Fsp3) is 0.226. The number of ketones is 2. The van der Waals surface area contributed by atoms with Gasteiger partial charge in [-0.25, -0.2) is 0 Å². The zero-order valence-corrected chi connectivity index (χ0v) is 23.1. The SMILES string of the molecule is NC(=O)CN1CC(Cc2c[nH]c3ccccc23)(C(=O)c2ccccc2C(F)(F)F)NC(C(=O)c2ccccc2C(F)(F)F)C1=O. The normalized spacial score (nSPS) is 19.1. The molecule has 1 saturated heterocycles. The molecule has 0 bridgehead atoms. The van der Waals surface area contributed by atoms with Crippen molar-refractivity contribution in [3.05, 3.63) is 107 Å². The number of hydrogen-bond donors (Lipinski definition) is 3. The summed E-state index contributed by atoms with van der Waals surface area (Å²) >= 11 is 0.